The van der Waals surface area contributed by atoms with E-state index in [4.69, 9.17) is 0 Å². The van der Waals surface area contributed by atoms with E-state index in [0.29, 0.717) is 5.41 Å². The minimum absolute atomic E-state index is 0.462. The third kappa shape index (κ3) is 1.13. The summed E-state index contributed by atoms with van der Waals surface area (Å²) >= 11 is 0. The van der Waals surface area contributed by atoms with E-state index < -0.39 is 0 Å². The van der Waals surface area contributed by atoms with Crippen molar-refractivity contribution in [1.29, 1.82) is 0 Å². The predicted molar refractivity (Wildman–Crippen MR) is 44.2 cm³/mol. The third-order valence-corrected chi connectivity index (χ3v) is 3.09. The SMILES string of the molecule is O=CCCC12C=CCC(C1)C2. The molecule has 3 rings (SSSR count). The van der Waals surface area contributed by atoms with Crippen molar-refractivity contribution in [1.82, 2.24) is 0 Å². The molecule has 3 aliphatic rings. The molecule has 0 heterocycles. The van der Waals surface area contributed by atoms with Crippen LogP contribution in [-0.2, 0) is 4.79 Å². The number of fused-ring (bicyclic) bond motifs is 1. The van der Waals surface area contributed by atoms with Gasteiger partial charge >= 0.3 is 0 Å². The van der Waals surface area contributed by atoms with Gasteiger partial charge in [0.2, 0.25) is 0 Å². The molecule has 0 aromatic rings. The molecule has 0 aromatic heterocycles. The molecule has 1 nitrogen and oxygen atoms in total. The van der Waals surface area contributed by atoms with Crippen molar-refractivity contribution < 1.29 is 4.79 Å². The van der Waals surface area contributed by atoms with E-state index in [1.165, 1.54) is 19.3 Å². The van der Waals surface area contributed by atoms with E-state index in [9.17, 15) is 4.79 Å². The molecule has 2 bridgehead atoms. The Labute approximate surface area is 67.5 Å². The van der Waals surface area contributed by atoms with Crippen molar-refractivity contribution in [3.8, 4) is 0 Å². The molecule has 0 saturated heterocycles. The van der Waals surface area contributed by atoms with Gasteiger partial charge < -0.3 is 4.79 Å². The lowest BCUT2D eigenvalue weighted by molar-refractivity contribution is -0.108. The number of hydrogen-bond acceptors (Lipinski definition) is 1. The maximum atomic E-state index is 10.2. The highest BCUT2D eigenvalue weighted by Crippen LogP contribution is 2.54. The van der Waals surface area contributed by atoms with Gasteiger partial charge in [0, 0.05) is 6.42 Å². The van der Waals surface area contributed by atoms with Crippen LogP contribution in [0.1, 0.15) is 32.1 Å². The zero-order valence-electron chi connectivity index (χ0n) is 6.75. The van der Waals surface area contributed by atoms with Crippen LogP contribution in [0.5, 0.6) is 0 Å². The Morgan fingerprint density at radius 1 is 1.55 bits per heavy atom. The molecule has 0 amide bonds. The number of aldehydes is 1. The molecular weight excluding hydrogens is 136 g/mol. The molecule has 0 spiro atoms. The minimum Gasteiger partial charge on any atom is -0.303 e. The molecule has 0 unspecified atom stereocenters. The molecule has 1 saturated carbocycles. The van der Waals surface area contributed by atoms with E-state index in [0.717, 1.165) is 25.0 Å². The van der Waals surface area contributed by atoms with Crippen molar-refractivity contribution in [2.75, 3.05) is 0 Å². The molecule has 0 radical (unpaired) electrons. The molecular formula is C10H14O. The standard InChI is InChI=1S/C10H14O/c11-6-2-5-10-4-1-3-9(7-10)8-10/h1,4,6,9H,2-3,5,7-8H2. The molecule has 60 valence electrons. The second kappa shape index (κ2) is 2.47. The van der Waals surface area contributed by atoms with E-state index in [1.54, 1.807) is 0 Å². The lowest BCUT2D eigenvalue weighted by Gasteiger charge is -2.49. The van der Waals surface area contributed by atoms with Gasteiger partial charge in [0.05, 0.1) is 0 Å². The van der Waals surface area contributed by atoms with E-state index in [1.807, 2.05) is 0 Å². The summed E-state index contributed by atoms with van der Waals surface area (Å²) in [6, 6.07) is 0. The first-order chi connectivity index (χ1) is 5.35. The van der Waals surface area contributed by atoms with Gasteiger partial charge in [-0.1, -0.05) is 12.2 Å². The average Bonchev–Trinajstić information content (AvgIpc) is 2.01. The van der Waals surface area contributed by atoms with Crippen molar-refractivity contribution in [3.05, 3.63) is 12.2 Å². The van der Waals surface area contributed by atoms with Crippen LogP contribution in [0.25, 0.3) is 0 Å². The highest BCUT2D eigenvalue weighted by atomic mass is 16.1. The fourth-order valence-corrected chi connectivity index (χ4v) is 2.54. The topological polar surface area (TPSA) is 17.1 Å². The lowest BCUT2D eigenvalue weighted by atomic mass is 9.56. The smallest absolute Gasteiger partial charge is 0.120 e. The van der Waals surface area contributed by atoms with Crippen LogP contribution in [0, 0.1) is 11.3 Å². The Bertz CT molecular complexity index is 187. The summed E-state index contributed by atoms with van der Waals surface area (Å²) in [5, 5.41) is 0. The van der Waals surface area contributed by atoms with Crippen molar-refractivity contribution in [3.63, 3.8) is 0 Å². The molecule has 1 fully saturated rings. The molecule has 1 heteroatoms. The van der Waals surface area contributed by atoms with Crippen molar-refractivity contribution in [2.45, 2.75) is 32.1 Å². The van der Waals surface area contributed by atoms with Gasteiger partial charge in [-0.2, -0.15) is 0 Å². The molecule has 11 heavy (non-hydrogen) atoms. The maximum absolute atomic E-state index is 10.2. The fraction of sp³-hybridized carbons (Fsp3) is 0.700. The molecule has 3 aliphatic carbocycles. The molecule has 0 aliphatic heterocycles. The highest BCUT2D eigenvalue weighted by Gasteiger charge is 2.43. The summed E-state index contributed by atoms with van der Waals surface area (Å²) in [5.41, 5.74) is 0.462. The number of rotatable bonds is 3. The number of allylic oxidation sites excluding steroid dienone is 2. The number of carbonyl (C=O) groups excluding carboxylic acids is 1. The lowest BCUT2D eigenvalue weighted by Crippen LogP contribution is -2.38. The normalized spacial score (nSPS) is 39.8. The molecule has 0 atom stereocenters. The van der Waals surface area contributed by atoms with Gasteiger partial charge in [0.25, 0.3) is 0 Å². The number of carbonyl (C=O) groups is 1. The molecule has 0 aromatic carbocycles. The van der Waals surface area contributed by atoms with Crippen LogP contribution in [0.3, 0.4) is 0 Å². The molecule has 0 N–H and O–H groups in total. The minimum atomic E-state index is 0.462. The van der Waals surface area contributed by atoms with Crippen LogP contribution >= 0.6 is 0 Å². The van der Waals surface area contributed by atoms with E-state index in [2.05, 4.69) is 12.2 Å². The Balaban J connectivity index is 1.96. The summed E-state index contributed by atoms with van der Waals surface area (Å²) in [6.07, 6.45) is 11.5. The monoisotopic (exact) mass is 150 g/mol. The van der Waals surface area contributed by atoms with Gasteiger partial charge in [0.1, 0.15) is 6.29 Å². The fourth-order valence-electron chi connectivity index (χ4n) is 2.54. The first kappa shape index (κ1) is 7.08. The Morgan fingerprint density at radius 3 is 2.91 bits per heavy atom. The van der Waals surface area contributed by atoms with Crippen LogP contribution in [-0.4, -0.2) is 6.29 Å². The van der Waals surface area contributed by atoms with Crippen LogP contribution in [0.2, 0.25) is 0 Å². The van der Waals surface area contributed by atoms with Crippen LogP contribution in [0.15, 0.2) is 12.2 Å². The first-order valence-corrected chi connectivity index (χ1v) is 4.46. The summed E-state index contributed by atoms with van der Waals surface area (Å²) in [7, 11) is 0. The second-order valence-electron chi connectivity index (χ2n) is 3.98. The Kier molecular flexibility index (Phi) is 1.59. The largest absolute Gasteiger partial charge is 0.303 e. The zero-order valence-corrected chi connectivity index (χ0v) is 6.75. The van der Waals surface area contributed by atoms with E-state index in [-0.39, 0.29) is 0 Å². The third-order valence-electron chi connectivity index (χ3n) is 3.09. The first-order valence-electron chi connectivity index (χ1n) is 4.46. The summed E-state index contributed by atoms with van der Waals surface area (Å²) in [6.45, 7) is 0. The predicted octanol–water partition coefficient (Wildman–Crippen LogP) is 2.32. The highest BCUT2D eigenvalue weighted by molar-refractivity contribution is 5.49. The van der Waals surface area contributed by atoms with Gasteiger partial charge in [-0.3, -0.25) is 0 Å². The quantitative estimate of drug-likeness (QED) is 0.445. The van der Waals surface area contributed by atoms with Crippen LogP contribution < -0.4 is 0 Å². The zero-order chi connectivity index (χ0) is 7.73. The Hall–Kier alpha value is -0.590. The maximum Gasteiger partial charge on any atom is 0.120 e. The second-order valence-corrected chi connectivity index (χ2v) is 3.98. The van der Waals surface area contributed by atoms with Gasteiger partial charge in [-0.25, -0.2) is 0 Å². The summed E-state index contributed by atoms with van der Waals surface area (Å²) in [4.78, 5) is 10.2. The number of hydrogen-bond donors (Lipinski definition) is 0. The van der Waals surface area contributed by atoms with Gasteiger partial charge in [0.15, 0.2) is 0 Å². The van der Waals surface area contributed by atoms with Crippen molar-refractivity contribution in [2.24, 2.45) is 11.3 Å². The Morgan fingerprint density at radius 2 is 2.36 bits per heavy atom. The average molecular weight is 150 g/mol. The van der Waals surface area contributed by atoms with E-state index >= 15 is 0 Å². The van der Waals surface area contributed by atoms with Gasteiger partial charge in [-0.15, -0.1) is 0 Å². The van der Waals surface area contributed by atoms with Crippen molar-refractivity contribution >= 4 is 6.29 Å². The summed E-state index contributed by atoms with van der Waals surface area (Å²) < 4.78 is 0. The summed E-state index contributed by atoms with van der Waals surface area (Å²) in [5.74, 6) is 0.951. The van der Waals surface area contributed by atoms with Gasteiger partial charge in [-0.05, 0) is 37.0 Å². The van der Waals surface area contributed by atoms with Crippen LogP contribution in [0.4, 0.5) is 0 Å².